The van der Waals surface area contributed by atoms with Crippen molar-refractivity contribution in [1.29, 1.82) is 0 Å². The fraction of sp³-hybridized carbons (Fsp3) is 0.727. The number of rotatable bonds is 3. The van der Waals surface area contributed by atoms with Crippen molar-refractivity contribution in [3.05, 3.63) is 16.1 Å². The van der Waals surface area contributed by atoms with Crippen LogP contribution in [-0.4, -0.2) is 11.6 Å². The summed E-state index contributed by atoms with van der Waals surface area (Å²) in [6.07, 6.45) is 2.47. The molecule has 0 saturated carbocycles. The zero-order valence-electron chi connectivity index (χ0n) is 9.27. The van der Waals surface area contributed by atoms with E-state index in [4.69, 9.17) is 10.5 Å². The van der Waals surface area contributed by atoms with E-state index in [2.05, 4.69) is 24.2 Å². The van der Waals surface area contributed by atoms with Gasteiger partial charge in [0.1, 0.15) is 11.1 Å². The van der Waals surface area contributed by atoms with Crippen molar-refractivity contribution in [3.8, 4) is 0 Å². The van der Waals surface area contributed by atoms with Gasteiger partial charge in [0, 0.05) is 12.0 Å². The van der Waals surface area contributed by atoms with Gasteiger partial charge in [-0.2, -0.15) is 0 Å². The molecule has 1 aromatic rings. The molecule has 84 valence electrons. The third-order valence-corrected chi connectivity index (χ3v) is 3.76. The monoisotopic (exact) mass is 226 g/mol. The number of hydrogen-bond acceptors (Lipinski definition) is 4. The Morgan fingerprint density at radius 1 is 1.60 bits per heavy atom. The molecule has 2 heterocycles. The number of nitrogens with zero attached hydrogens (tertiary/aromatic N) is 1. The lowest BCUT2D eigenvalue weighted by atomic mass is 10.0. The topological polar surface area (TPSA) is 48.1 Å². The number of aromatic nitrogens is 1. The molecule has 1 aliphatic rings. The normalized spacial score (nSPS) is 23.6. The quantitative estimate of drug-likeness (QED) is 0.862. The Morgan fingerprint density at radius 2 is 2.40 bits per heavy atom. The second-order valence-corrected chi connectivity index (χ2v) is 5.27. The van der Waals surface area contributed by atoms with E-state index in [9.17, 15) is 0 Å². The van der Waals surface area contributed by atoms with Crippen molar-refractivity contribution in [1.82, 2.24) is 4.98 Å². The van der Waals surface area contributed by atoms with Crippen molar-refractivity contribution in [2.24, 2.45) is 11.7 Å². The van der Waals surface area contributed by atoms with E-state index >= 15 is 0 Å². The summed E-state index contributed by atoms with van der Waals surface area (Å²) in [5.74, 6) is 0.435. The first-order chi connectivity index (χ1) is 7.18. The van der Waals surface area contributed by atoms with E-state index in [0.29, 0.717) is 5.92 Å². The van der Waals surface area contributed by atoms with Crippen LogP contribution in [-0.2, 0) is 4.74 Å². The number of thiazole rings is 1. The summed E-state index contributed by atoms with van der Waals surface area (Å²) in [4.78, 5) is 4.58. The summed E-state index contributed by atoms with van der Waals surface area (Å²) >= 11 is 1.68. The van der Waals surface area contributed by atoms with Gasteiger partial charge in [0.15, 0.2) is 0 Å². The van der Waals surface area contributed by atoms with Crippen molar-refractivity contribution in [2.45, 2.75) is 38.8 Å². The zero-order chi connectivity index (χ0) is 10.8. The lowest BCUT2D eigenvalue weighted by Gasteiger charge is -2.12. The van der Waals surface area contributed by atoms with Crippen LogP contribution in [0.4, 0.5) is 0 Å². The highest BCUT2D eigenvalue weighted by Gasteiger charge is 2.22. The first kappa shape index (κ1) is 11.0. The molecular weight excluding hydrogens is 208 g/mol. The third-order valence-electron chi connectivity index (χ3n) is 2.80. The summed E-state index contributed by atoms with van der Waals surface area (Å²) < 4.78 is 5.60. The molecule has 0 spiro atoms. The van der Waals surface area contributed by atoms with Crippen molar-refractivity contribution >= 4 is 11.3 Å². The second kappa shape index (κ2) is 4.60. The smallest absolute Gasteiger partial charge is 0.122 e. The molecule has 0 amide bonds. The average Bonchev–Trinajstić information content (AvgIpc) is 2.86. The largest absolute Gasteiger partial charge is 0.371 e. The first-order valence-electron chi connectivity index (χ1n) is 5.51. The van der Waals surface area contributed by atoms with Crippen LogP contribution in [0.5, 0.6) is 0 Å². The maximum absolute atomic E-state index is 6.05. The molecule has 2 unspecified atom stereocenters. The van der Waals surface area contributed by atoms with Gasteiger partial charge in [-0.15, -0.1) is 11.3 Å². The Balaban J connectivity index is 2.09. The molecule has 1 fully saturated rings. The second-order valence-electron chi connectivity index (χ2n) is 4.38. The molecule has 0 aromatic carbocycles. The van der Waals surface area contributed by atoms with Crippen molar-refractivity contribution in [3.63, 3.8) is 0 Å². The van der Waals surface area contributed by atoms with Crippen LogP contribution in [0, 0.1) is 5.92 Å². The van der Waals surface area contributed by atoms with E-state index in [1.54, 1.807) is 11.3 Å². The summed E-state index contributed by atoms with van der Waals surface area (Å²) in [6.45, 7) is 5.11. The Hall–Kier alpha value is -0.450. The highest BCUT2D eigenvalue weighted by molar-refractivity contribution is 7.09. The molecule has 2 rings (SSSR count). The Kier molecular flexibility index (Phi) is 3.38. The van der Waals surface area contributed by atoms with Crippen LogP contribution >= 0.6 is 11.3 Å². The predicted octanol–water partition coefficient (Wildman–Crippen LogP) is 2.65. The van der Waals surface area contributed by atoms with E-state index in [-0.39, 0.29) is 12.1 Å². The highest BCUT2D eigenvalue weighted by atomic mass is 32.1. The first-order valence-corrected chi connectivity index (χ1v) is 6.39. The molecule has 3 nitrogen and oxygen atoms in total. The van der Waals surface area contributed by atoms with Crippen molar-refractivity contribution < 1.29 is 4.74 Å². The van der Waals surface area contributed by atoms with Crippen LogP contribution < -0.4 is 5.73 Å². The van der Waals surface area contributed by atoms with Gasteiger partial charge in [0.25, 0.3) is 0 Å². The maximum Gasteiger partial charge on any atom is 0.122 e. The summed E-state index contributed by atoms with van der Waals surface area (Å²) in [6, 6.07) is 0.0522. The standard InChI is InChI=1S/C11H18N2OS/c1-7(2)10(12)8-6-15-11(13-8)9-4-3-5-14-9/h6-7,9-10H,3-5,12H2,1-2H3. The average molecular weight is 226 g/mol. The third kappa shape index (κ3) is 2.38. The van der Waals surface area contributed by atoms with Gasteiger partial charge in [-0.25, -0.2) is 4.98 Å². The predicted molar refractivity (Wildman–Crippen MR) is 61.8 cm³/mol. The Labute approximate surface area is 94.7 Å². The summed E-state index contributed by atoms with van der Waals surface area (Å²) in [5.41, 5.74) is 7.07. The summed E-state index contributed by atoms with van der Waals surface area (Å²) in [7, 11) is 0. The van der Waals surface area contributed by atoms with E-state index < -0.39 is 0 Å². The van der Waals surface area contributed by atoms with Gasteiger partial charge in [0.2, 0.25) is 0 Å². The molecule has 15 heavy (non-hydrogen) atoms. The molecule has 0 aliphatic carbocycles. The van der Waals surface area contributed by atoms with Crippen LogP contribution in [0.15, 0.2) is 5.38 Å². The zero-order valence-corrected chi connectivity index (χ0v) is 10.1. The van der Waals surface area contributed by atoms with E-state index in [1.807, 2.05) is 0 Å². The van der Waals surface area contributed by atoms with Crippen molar-refractivity contribution in [2.75, 3.05) is 6.61 Å². The van der Waals surface area contributed by atoms with E-state index in [1.165, 1.54) is 0 Å². The van der Waals surface area contributed by atoms with E-state index in [0.717, 1.165) is 30.2 Å². The SMILES string of the molecule is CC(C)C(N)c1csc(C2CCCO2)n1. The van der Waals surface area contributed by atoms with Crippen LogP contribution in [0.1, 0.15) is 49.5 Å². The number of nitrogens with two attached hydrogens (primary N) is 1. The molecule has 2 N–H and O–H groups in total. The van der Waals surface area contributed by atoms with Gasteiger partial charge >= 0.3 is 0 Å². The lowest BCUT2D eigenvalue weighted by molar-refractivity contribution is 0.111. The van der Waals surface area contributed by atoms with Gasteiger partial charge in [-0.3, -0.25) is 0 Å². The van der Waals surface area contributed by atoms with Gasteiger partial charge in [-0.05, 0) is 18.8 Å². The minimum absolute atomic E-state index is 0.0522. The number of ether oxygens (including phenoxy) is 1. The fourth-order valence-electron chi connectivity index (χ4n) is 1.72. The number of hydrogen-bond donors (Lipinski definition) is 1. The fourth-order valence-corrected chi connectivity index (χ4v) is 2.66. The van der Waals surface area contributed by atoms with Gasteiger partial charge < -0.3 is 10.5 Å². The Bertz CT molecular complexity index is 302. The van der Waals surface area contributed by atoms with Gasteiger partial charge in [-0.1, -0.05) is 13.8 Å². The molecular formula is C11H18N2OS. The molecule has 1 aromatic heterocycles. The van der Waals surface area contributed by atoms with Crippen LogP contribution in [0.25, 0.3) is 0 Å². The lowest BCUT2D eigenvalue weighted by Crippen LogP contribution is -2.17. The van der Waals surface area contributed by atoms with Gasteiger partial charge in [0.05, 0.1) is 11.7 Å². The van der Waals surface area contributed by atoms with Crippen LogP contribution in [0.2, 0.25) is 0 Å². The summed E-state index contributed by atoms with van der Waals surface area (Å²) in [5, 5.41) is 3.17. The maximum atomic E-state index is 6.05. The molecule has 4 heteroatoms. The molecule has 1 saturated heterocycles. The highest BCUT2D eigenvalue weighted by Crippen LogP contribution is 2.32. The minimum Gasteiger partial charge on any atom is -0.371 e. The van der Waals surface area contributed by atoms with Crippen LogP contribution in [0.3, 0.4) is 0 Å². The molecule has 0 bridgehead atoms. The Morgan fingerprint density at radius 3 is 3.00 bits per heavy atom. The molecule has 1 aliphatic heterocycles. The molecule has 0 radical (unpaired) electrons. The molecule has 2 atom stereocenters. The minimum atomic E-state index is 0.0522.